The summed E-state index contributed by atoms with van der Waals surface area (Å²) in [5.74, 6) is 0.0128. The topological polar surface area (TPSA) is 41.6 Å². The number of amides is 1. The maximum atomic E-state index is 12.6. The molecule has 0 aromatic heterocycles. The first kappa shape index (κ1) is 18.7. The number of morpholine rings is 1. The normalized spacial score (nSPS) is 16.3. The van der Waals surface area contributed by atoms with Crippen molar-refractivity contribution < 1.29 is 22.7 Å². The molecule has 0 aliphatic carbocycles. The summed E-state index contributed by atoms with van der Waals surface area (Å²) in [4.78, 5) is 13.9. The molecule has 0 atom stereocenters. The lowest BCUT2D eigenvalue weighted by Crippen LogP contribution is -2.50. The van der Waals surface area contributed by atoms with Crippen molar-refractivity contribution in [1.29, 1.82) is 0 Å². The van der Waals surface area contributed by atoms with Crippen LogP contribution in [-0.2, 0) is 22.1 Å². The van der Waals surface area contributed by atoms with Crippen LogP contribution in [0.2, 0.25) is 0 Å². The number of alkyl halides is 3. The number of rotatable bonds is 5. The van der Waals surface area contributed by atoms with E-state index in [0.717, 1.165) is 17.7 Å². The molecule has 1 aromatic rings. The van der Waals surface area contributed by atoms with Crippen molar-refractivity contribution in [2.75, 3.05) is 32.8 Å². The fraction of sp³-hybridized carbons (Fsp3) is 0.588. The lowest BCUT2D eigenvalue weighted by atomic mass is 9.94. The van der Waals surface area contributed by atoms with Crippen LogP contribution >= 0.6 is 0 Å². The Morgan fingerprint density at radius 1 is 1.17 bits per heavy atom. The third-order valence-corrected chi connectivity index (χ3v) is 4.01. The van der Waals surface area contributed by atoms with Gasteiger partial charge < -0.3 is 15.0 Å². The lowest BCUT2D eigenvalue weighted by molar-refractivity contribution is -0.137. The molecule has 7 heteroatoms. The Kier molecular flexibility index (Phi) is 5.87. The number of carbonyl (C=O) groups is 1. The van der Waals surface area contributed by atoms with E-state index < -0.39 is 17.3 Å². The first-order valence-electron chi connectivity index (χ1n) is 7.94. The van der Waals surface area contributed by atoms with Crippen LogP contribution in [0.15, 0.2) is 24.3 Å². The van der Waals surface area contributed by atoms with Gasteiger partial charge in [-0.15, -0.1) is 0 Å². The molecule has 1 heterocycles. The molecule has 0 saturated carbocycles. The summed E-state index contributed by atoms with van der Waals surface area (Å²) < 4.78 is 43.0. The number of hydrogen-bond acceptors (Lipinski definition) is 3. The van der Waals surface area contributed by atoms with Gasteiger partial charge in [0.1, 0.15) is 0 Å². The third kappa shape index (κ3) is 5.49. The van der Waals surface area contributed by atoms with E-state index in [9.17, 15) is 18.0 Å². The smallest absolute Gasteiger partial charge is 0.378 e. The Morgan fingerprint density at radius 2 is 1.75 bits per heavy atom. The number of hydrogen-bond donors (Lipinski definition) is 1. The van der Waals surface area contributed by atoms with Gasteiger partial charge in [-0.2, -0.15) is 13.2 Å². The molecule has 24 heavy (non-hydrogen) atoms. The molecule has 1 amide bonds. The van der Waals surface area contributed by atoms with E-state index in [4.69, 9.17) is 4.74 Å². The summed E-state index contributed by atoms with van der Waals surface area (Å²) in [6, 6.07) is 5.14. The number of halogens is 3. The quantitative estimate of drug-likeness (QED) is 0.892. The average Bonchev–Trinajstić information content (AvgIpc) is 2.53. The molecule has 2 rings (SSSR count). The van der Waals surface area contributed by atoms with E-state index in [0.29, 0.717) is 32.7 Å². The second-order valence-corrected chi connectivity index (χ2v) is 6.60. The minimum atomic E-state index is -4.32. The predicted octanol–water partition coefficient (Wildman–Crippen LogP) is 2.47. The zero-order valence-corrected chi connectivity index (χ0v) is 13.9. The molecule has 1 saturated heterocycles. The number of ether oxygens (including phenoxy) is 1. The minimum absolute atomic E-state index is 0.0128. The van der Waals surface area contributed by atoms with E-state index in [-0.39, 0.29) is 12.5 Å². The Bertz CT molecular complexity index is 550. The fourth-order valence-corrected chi connectivity index (χ4v) is 2.62. The second-order valence-electron chi connectivity index (χ2n) is 6.60. The van der Waals surface area contributed by atoms with Crippen LogP contribution in [0.5, 0.6) is 0 Å². The molecule has 1 aliphatic rings. The average molecular weight is 344 g/mol. The summed E-state index contributed by atoms with van der Waals surface area (Å²) in [6.45, 7) is 6.36. The van der Waals surface area contributed by atoms with Crippen molar-refractivity contribution >= 4 is 5.91 Å². The van der Waals surface area contributed by atoms with Crippen molar-refractivity contribution in [2.45, 2.75) is 32.0 Å². The van der Waals surface area contributed by atoms with Gasteiger partial charge in [0.2, 0.25) is 5.91 Å². The first-order chi connectivity index (χ1) is 11.2. The Morgan fingerprint density at radius 3 is 2.29 bits per heavy atom. The maximum absolute atomic E-state index is 12.6. The molecular formula is C17H23F3N2O2. The summed E-state index contributed by atoms with van der Waals surface area (Å²) >= 11 is 0. The molecular weight excluding hydrogens is 321 g/mol. The summed E-state index contributed by atoms with van der Waals surface area (Å²) in [7, 11) is 0. The lowest BCUT2D eigenvalue weighted by Gasteiger charge is -2.30. The van der Waals surface area contributed by atoms with Crippen molar-refractivity contribution in [3.63, 3.8) is 0 Å². The van der Waals surface area contributed by atoms with Crippen molar-refractivity contribution in [2.24, 2.45) is 0 Å². The highest BCUT2D eigenvalue weighted by molar-refractivity contribution is 5.78. The van der Waals surface area contributed by atoms with Crippen LogP contribution in [0.25, 0.3) is 0 Å². The van der Waals surface area contributed by atoms with Gasteiger partial charge in [-0.25, -0.2) is 0 Å². The summed E-state index contributed by atoms with van der Waals surface area (Å²) in [6.07, 6.45) is -3.79. The van der Waals surface area contributed by atoms with Crippen LogP contribution < -0.4 is 5.32 Å². The molecule has 0 bridgehead atoms. The number of nitrogens with zero attached hydrogens (tertiary/aromatic N) is 1. The van der Waals surface area contributed by atoms with E-state index in [1.165, 1.54) is 12.1 Å². The molecule has 1 fully saturated rings. The van der Waals surface area contributed by atoms with Crippen LogP contribution in [0.4, 0.5) is 13.2 Å². The largest absolute Gasteiger partial charge is 0.416 e. The SMILES string of the molecule is CC(C)(Cc1ccc(C(F)(F)F)cc1)NCC(=O)N1CCOCC1. The number of benzene rings is 1. The second kappa shape index (κ2) is 7.53. The highest BCUT2D eigenvalue weighted by Crippen LogP contribution is 2.29. The van der Waals surface area contributed by atoms with Crippen molar-refractivity contribution in [1.82, 2.24) is 10.2 Å². The Labute approximate surface area is 140 Å². The predicted molar refractivity (Wildman–Crippen MR) is 84.6 cm³/mol. The van der Waals surface area contributed by atoms with Gasteiger partial charge in [-0.3, -0.25) is 4.79 Å². The minimum Gasteiger partial charge on any atom is -0.378 e. The van der Waals surface area contributed by atoms with Crippen LogP contribution in [0.1, 0.15) is 25.0 Å². The van der Waals surface area contributed by atoms with E-state index in [2.05, 4.69) is 5.32 Å². The maximum Gasteiger partial charge on any atom is 0.416 e. The fourth-order valence-electron chi connectivity index (χ4n) is 2.62. The van der Waals surface area contributed by atoms with E-state index in [1.807, 2.05) is 13.8 Å². The van der Waals surface area contributed by atoms with Crippen molar-refractivity contribution in [3.05, 3.63) is 35.4 Å². The molecule has 1 aromatic carbocycles. The molecule has 0 unspecified atom stereocenters. The van der Waals surface area contributed by atoms with Gasteiger partial charge in [0, 0.05) is 18.6 Å². The van der Waals surface area contributed by atoms with Gasteiger partial charge in [0.15, 0.2) is 0 Å². The zero-order valence-electron chi connectivity index (χ0n) is 13.9. The van der Waals surface area contributed by atoms with Gasteiger partial charge in [-0.05, 0) is 38.0 Å². The van der Waals surface area contributed by atoms with Gasteiger partial charge >= 0.3 is 6.18 Å². The Hall–Kier alpha value is -1.60. The third-order valence-electron chi connectivity index (χ3n) is 4.01. The zero-order chi connectivity index (χ0) is 17.8. The molecule has 1 N–H and O–H groups in total. The molecule has 1 aliphatic heterocycles. The molecule has 0 radical (unpaired) electrons. The van der Waals surface area contributed by atoms with Gasteiger partial charge in [0.25, 0.3) is 0 Å². The standard InChI is InChI=1S/C17H23F3N2O2/c1-16(2,21-12-15(23)22-7-9-24-10-8-22)11-13-3-5-14(6-4-13)17(18,19)20/h3-6,21H,7-12H2,1-2H3. The Balaban J connectivity index is 1.87. The number of carbonyl (C=O) groups excluding carboxylic acids is 1. The molecule has 134 valence electrons. The van der Waals surface area contributed by atoms with Crippen molar-refractivity contribution in [3.8, 4) is 0 Å². The van der Waals surface area contributed by atoms with E-state index >= 15 is 0 Å². The van der Waals surface area contributed by atoms with Gasteiger partial charge in [-0.1, -0.05) is 12.1 Å². The first-order valence-corrected chi connectivity index (χ1v) is 7.94. The van der Waals surface area contributed by atoms with Gasteiger partial charge in [0.05, 0.1) is 25.3 Å². The highest BCUT2D eigenvalue weighted by atomic mass is 19.4. The summed E-state index contributed by atoms with van der Waals surface area (Å²) in [5.41, 5.74) is -0.263. The number of nitrogens with one attached hydrogen (secondary N) is 1. The van der Waals surface area contributed by atoms with Crippen LogP contribution in [-0.4, -0.2) is 49.2 Å². The summed E-state index contributed by atoms with van der Waals surface area (Å²) in [5, 5.41) is 3.20. The molecule has 0 spiro atoms. The highest BCUT2D eigenvalue weighted by Gasteiger charge is 2.30. The van der Waals surface area contributed by atoms with Crippen LogP contribution in [0, 0.1) is 0 Å². The van der Waals surface area contributed by atoms with Crippen LogP contribution in [0.3, 0.4) is 0 Å². The monoisotopic (exact) mass is 344 g/mol. The van der Waals surface area contributed by atoms with E-state index in [1.54, 1.807) is 4.90 Å². The molecule has 4 nitrogen and oxygen atoms in total.